The Morgan fingerprint density at radius 3 is 1.59 bits per heavy atom. The van der Waals surface area contributed by atoms with Gasteiger partial charge in [-0.1, -0.05) is 53.7 Å². The zero-order valence-corrected chi connectivity index (χ0v) is 12.9. The Balaban J connectivity index is -0.000000285. The molecule has 0 aliphatic heterocycles. The van der Waals surface area contributed by atoms with Gasteiger partial charge in [-0.2, -0.15) is 0 Å². The van der Waals surface area contributed by atoms with Crippen LogP contribution in [0.25, 0.3) is 0 Å². The Hall–Kier alpha value is -1.02. The lowest BCUT2D eigenvalue weighted by atomic mass is 10.2. The van der Waals surface area contributed by atoms with Crippen LogP contribution in [0.4, 0.5) is 0 Å². The lowest BCUT2D eigenvalue weighted by Gasteiger charge is -2.01. The molecule has 1 N–H and O–H groups in total. The molecular formula is C15H31NO. The average molecular weight is 241 g/mol. The topological polar surface area (TPSA) is 21.3 Å². The smallest absolute Gasteiger partial charge is 0.118 e. The molecule has 1 aromatic carbocycles. The molecule has 17 heavy (non-hydrogen) atoms. The minimum Gasteiger partial charge on any atom is -0.497 e. The van der Waals surface area contributed by atoms with E-state index in [9.17, 15) is 0 Å². The first-order valence-corrected chi connectivity index (χ1v) is 6.64. The Kier molecular flexibility index (Phi) is 25.5. The number of methoxy groups -OCH3 is 1. The zero-order chi connectivity index (χ0) is 14.1. The lowest BCUT2D eigenvalue weighted by Crippen LogP contribution is -2.04. The van der Waals surface area contributed by atoms with E-state index in [0.717, 1.165) is 12.3 Å². The van der Waals surface area contributed by atoms with Crippen LogP contribution in [0, 0.1) is 0 Å². The van der Waals surface area contributed by atoms with Crippen LogP contribution in [0.5, 0.6) is 5.75 Å². The molecule has 0 fully saturated rings. The van der Waals surface area contributed by atoms with E-state index in [0.29, 0.717) is 0 Å². The maximum atomic E-state index is 5.03. The van der Waals surface area contributed by atoms with Crippen LogP contribution in [0.2, 0.25) is 0 Å². The monoisotopic (exact) mass is 241 g/mol. The molecule has 0 aromatic heterocycles. The summed E-state index contributed by atoms with van der Waals surface area (Å²) in [6, 6.07) is 8.03. The van der Waals surface area contributed by atoms with Crippen LogP contribution in [0.15, 0.2) is 24.3 Å². The SMILES string of the molecule is CC.CC.CC.CNCc1ccc(OC)cc1. The summed E-state index contributed by atoms with van der Waals surface area (Å²) in [6.07, 6.45) is 0. The van der Waals surface area contributed by atoms with Gasteiger partial charge in [0.25, 0.3) is 0 Å². The number of rotatable bonds is 3. The van der Waals surface area contributed by atoms with E-state index in [-0.39, 0.29) is 0 Å². The predicted molar refractivity (Wildman–Crippen MR) is 79.8 cm³/mol. The summed E-state index contributed by atoms with van der Waals surface area (Å²) in [6.45, 7) is 12.9. The molecule has 0 spiro atoms. The quantitative estimate of drug-likeness (QED) is 0.841. The van der Waals surface area contributed by atoms with Gasteiger partial charge in [0.2, 0.25) is 0 Å². The number of hydrogen-bond donors (Lipinski definition) is 1. The molecule has 0 heterocycles. The van der Waals surface area contributed by atoms with Crippen molar-refractivity contribution in [2.24, 2.45) is 0 Å². The number of benzene rings is 1. The van der Waals surface area contributed by atoms with Gasteiger partial charge in [0.05, 0.1) is 7.11 Å². The van der Waals surface area contributed by atoms with Crippen molar-refractivity contribution >= 4 is 0 Å². The number of ether oxygens (including phenoxy) is 1. The molecule has 0 atom stereocenters. The van der Waals surface area contributed by atoms with Gasteiger partial charge >= 0.3 is 0 Å². The van der Waals surface area contributed by atoms with E-state index in [1.807, 2.05) is 60.7 Å². The molecular weight excluding hydrogens is 210 g/mol. The summed E-state index contributed by atoms with van der Waals surface area (Å²) in [5, 5.41) is 3.08. The van der Waals surface area contributed by atoms with Gasteiger partial charge in [0.15, 0.2) is 0 Å². The van der Waals surface area contributed by atoms with Gasteiger partial charge in [-0.05, 0) is 24.7 Å². The van der Waals surface area contributed by atoms with Crippen molar-refractivity contribution in [1.29, 1.82) is 0 Å². The van der Waals surface area contributed by atoms with Crippen molar-refractivity contribution in [2.45, 2.75) is 48.1 Å². The van der Waals surface area contributed by atoms with Gasteiger partial charge in [0.1, 0.15) is 5.75 Å². The maximum Gasteiger partial charge on any atom is 0.118 e. The Morgan fingerprint density at radius 1 is 0.882 bits per heavy atom. The van der Waals surface area contributed by atoms with Crippen molar-refractivity contribution in [3.63, 3.8) is 0 Å². The molecule has 0 aliphatic carbocycles. The van der Waals surface area contributed by atoms with Crippen LogP contribution in [-0.4, -0.2) is 14.2 Å². The van der Waals surface area contributed by atoms with Gasteiger partial charge in [0, 0.05) is 6.54 Å². The molecule has 1 aromatic rings. The fourth-order valence-corrected chi connectivity index (χ4v) is 0.948. The Bertz CT molecular complexity index is 207. The summed E-state index contributed by atoms with van der Waals surface area (Å²) >= 11 is 0. The molecule has 0 saturated heterocycles. The van der Waals surface area contributed by atoms with Crippen LogP contribution >= 0.6 is 0 Å². The van der Waals surface area contributed by atoms with Crippen molar-refractivity contribution < 1.29 is 4.74 Å². The fraction of sp³-hybridized carbons (Fsp3) is 0.600. The van der Waals surface area contributed by atoms with Gasteiger partial charge in [-0.15, -0.1) is 0 Å². The van der Waals surface area contributed by atoms with Crippen molar-refractivity contribution in [3.8, 4) is 5.75 Å². The van der Waals surface area contributed by atoms with Gasteiger partial charge in [-0.25, -0.2) is 0 Å². The highest BCUT2D eigenvalue weighted by molar-refractivity contribution is 5.26. The van der Waals surface area contributed by atoms with E-state index in [2.05, 4.69) is 17.4 Å². The fourth-order valence-electron chi connectivity index (χ4n) is 0.948. The summed E-state index contributed by atoms with van der Waals surface area (Å²) in [5.74, 6) is 0.907. The minimum atomic E-state index is 0.907. The predicted octanol–water partition coefficient (Wildman–Crippen LogP) is 4.49. The highest BCUT2D eigenvalue weighted by atomic mass is 16.5. The number of nitrogens with one attached hydrogen (secondary N) is 1. The van der Waals surface area contributed by atoms with E-state index in [1.165, 1.54) is 5.56 Å². The molecule has 0 aliphatic rings. The van der Waals surface area contributed by atoms with Crippen LogP contribution in [-0.2, 0) is 6.54 Å². The molecule has 2 nitrogen and oxygen atoms in total. The normalized spacial score (nSPS) is 7.29. The largest absolute Gasteiger partial charge is 0.497 e. The first kappa shape index (κ1) is 21.3. The zero-order valence-electron chi connectivity index (χ0n) is 12.9. The van der Waals surface area contributed by atoms with E-state index in [4.69, 9.17) is 4.74 Å². The van der Waals surface area contributed by atoms with Gasteiger partial charge < -0.3 is 10.1 Å². The molecule has 0 radical (unpaired) electrons. The molecule has 1 rings (SSSR count). The highest BCUT2D eigenvalue weighted by Crippen LogP contribution is 2.10. The summed E-state index contributed by atoms with van der Waals surface area (Å²) < 4.78 is 5.03. The third kappa shape index (κ3) is 12.9. The molecule has 0 bridgehead atoms. The van der Waals surface area contributed by atoms with E-state index < -0.39 is 0 Å². The summed E-state index contributed by atoms with van der Waals surface area (Å²) in [4.78, 5) is 0. The van der Waals surface area contributed by atoms with Crippen molar-refractivity contribution in [2.75, 3.05) is 14.2 Å². The lowest BCUT2D eigenvalue weighted by molar-refractivity contribution is 0.414. The second-order valence-electron chi connectivity index (χ2n) is 2.38. The second kappa shape index (κ2) is 20.4. The third-order valence-corrected chi connectivity index (χ3v) is 1.54. The average Bonchev–Trinajstić information content (AvgIpc) is 2.46. The Labute approximate surface area is 108 Å². The molecule has 102 valence electrons. The first-order valence-electron chi connectivity index (χ1n) is 6.64. The Morgan fingerprint density at radius 2 is 1.29 bits per heavy atom. The molecule has 0 saturated carbocycles. The van der Waals surface area contributed by atoms with Crippen molar-refractivity contribution in [3.05, 3.63) is 29.8 Å². The van der Waals surface area contributed by atoms with Crippen LogP contribution in [0.1, 0.15) is 47.1 Å². The van der Waals surface area contributed by atoms with Crippen molar-refractivity contribution in [1.82, 2.24) is 5.32 Å². The van der Waals surface area contributed by atoms with Crippen LogP contribution in [0.3, 0.4) is 0 Å². The standard InChI is InChI=1S/C9H13NO.3C2H6/c1-10-7-8-3-5-9(11-2)6-4-8;3*1-2/h3-6,10H,7H2,1-2H3;3*1-2H3. The minimum absolute atomic E-state index is 0.907. The third-order valence-electron chi connectivity index (χ3n) is 1.54. The molecule has 0 unspecified atom stereocenters. The maximum absolute atomic E-state index is 5.03. The summed E-state index contributed by atoms with van der Waals surface area (Å²) in [7, 11) is 3.61. The second-order valence-corrected chi connectivity index (χ2v) is 2.38. The first-order chi connectivity index (χ1) is 8.36. The van der Waals surface area contributed by atoms with Crippen LogP contribution < -0.4 is 10.1 Å². The van der Waals surface area contributed by atoms with E-state index >= 15 is 0 Å². The summed E-state index contributed by atoms with van der Waals surface area (Å²) in [5.41, 5.74) is 1.27. The molecule has 0 amide bonds. The highest BCUT2D eigenvalue weighted by Gasteiger charge is 1.90. The molecule has 2 heteroatoms. The number of hydrogen-bond acceptors (Lipinski definition) is 2. The van der Waals surface area contributed by atoms with Gasteiger partial charge in [-0.3, -0.25) is 0 Å². The van der Waals surface area contributed by atoms with E-state index in [1.54, 1.807) is 7.11 Å².